The molecule has 172 valence electrons. The molecule has 2 aromatic carbocycles. The third-order valence-electron chi connectivity index (χ3n) is 4.85. The van der Waals surface area contributed by atoms with Crippen molar-refractivity contribution in [1.82, 2.24) is 9.99 Å². The number of nitrogens with one attached hydrogen (secondary N) is 2. The molecule has 0 spiro atoms. The molecule has 0 aliphatic rings. The molecule has 3 aromatic rings. The summed E-state index contributed by atoms with van der Waals surface area (Å²) in [6.45, 7) is 3.30. The Kier molecular flexibility index (Phi) is 6.86. The molecule has 7 nitrogen and oxygen atoms in total. The highest BCUT2D eigenvalue weighted by molar-refractivity contribution is 6.39. The zero-order valence-electron chi connectivity index (χ0n) is 18.0. The third kappa shape index (κ3) is 5.22. The van der Waals surface area contributed by atoms with Crippen LogP contribution in [-0.4, -0.2) is 29.7 Å². The minimum atomic E-state index is -4.52. The second kappa shape index (κ2) is 9.60. The number of methoxy groups -OCH3 is 1. The molecule has 0 fully saturated rings. The summed E-state index contributed by atoms with van der Waals surface area (Å²) in [7, 11) is 1.43. The lowest BCUT2D eigenvalue weighted by Gasteiger charge is -2.16. The zero-order chi connectivity index (χ0) is 24.2. The van der Waals surface area contributed by atoms with Crippen LogP contribution < -0.4 is 15.5 Å². The van der Waals surface area contributed by atoms with Gasteiger partial charge in [-0.05, 0) is 44.2 Å². The molecule has 0 atom stereocenters. The first-order valence-corrected chi connectivity index (χ1v) is 9.76. The Morgan fingerprint density at radius 3 is 2.39 bits per heavy atom. The molecular formula is C23H21F3N4O3. The lowest BCUT2D eigenvalue weighted by molar-refractivity contribution is -0.137. The highest BCUT2D eigenvalue weighted by Crippen LogP contribution is 2.35. The van der Waals surface area contributed by atoms with E-state index in [1.165, 1.54) is 36.1 Å². The number of alkyl halides is 3. The van der Waals surface area contributed by atoms with Gasteiger partial charge in [0.15, 0.2) is 0 Å². The van der Waals surface area contributed by atoms with E-state index in [4.69, 9.17) is 4.74 Å². The fourth-order valence-electron chi connectivity index (χ4n) is 3.34. The van der Waals surface area contributed by atoms with Gasteiger partial charge in [-0.15, -0.1) is 0 Å². The minimum absolute atomic E-state index is 0.0140. The number of hydrazone groups is 1. The molecular weight excluding hydrogens is 437 g/mol. The van der Waals surface area contributed by atoms with Crippen LogP contribution in [0, 0.1) is 13.8 Å². The first kappa shape index (κ1) is 23.6. The van der Waals surface area contributed by atoms with Gasteiger partial charge in [-0.25, -0.2) is 5.43 Å². The Morgan fingerprint density at radius 1 is 1.03 bits per heavy atom. The first-order valence-electron chi connectivity index (χ1n) is 9.76. The van der Waals surface area contributed by atoms with Crippen molar-refractivity contribution in [1.29, 1.82) is 0 Å². The fraction of sp³-hybridized carbons (Fsp3) is 0.174. The smallest absolute Gasteiger partial charge is 0.418 e. The van der Waals surface area contributed by atoms with E-state index in [0.29, 0.717) is 28.4 Å². The third-order valence-corrected chi connectivity index (χ3v) is 4.85. The van der Waals surface area contributed by atoms with E-state index in [1.807, 2.05) is 0 Å². The Labute approximate surface area is 187 Å². The number of aryl methyl sites for hydroxylation is 1. The maximum atomic E-state index is 13.4. The molecule has 0 saturated carbocycles. The Hall–Kier alpha value is -4.08. The van der Waals surface area contributed by atoms with Crippen LogP contribution in [0.4, 0.5) is 18.9 Å². The summed E-state index contributed by atoms with van der Waals surface area (Å²) in [5.74, 6) is -1.59. The first-order chi connectivity index (χ1) is 15.6. The van der Waals surface area contributed by atoms with Crippen LogP contribution in [0.1, 0.15) is 22.5 Å². The maximum absolute atomic E-state index is 13.4. The average molecular weight is 458 g/mol. The quantitative estimate of drug-likeness (QED) is 0.341. The summed E-state index contributed by atoms with van der Waals surface area (Å²) in [4.78, 5) is 24.2. The molecule has 10 heteroatoms. The van der Waals surface area contributed by atoms with Crippen LogP contribution in [0.15, 0.2) is 59.7 Å². The number of hydrogen-bond acceptors (Lipinski definition) is 4. The van der Waals surface area contributed by atoms with Crippen molar-refractivity contribution in [2.24, 2.45) is 5.10 Å². The molecule has 1 heterocycles. The standard InChI is InChI=1S/C23H21F3N4O3/c1-14-12-16(15(2)30(14)19-10-6-4-8-17(19)23(24,25)26)13-27-29-22(32)21(31)28-18-9-5-7-11-20(18)33-3/h4-13H,1-3H3,(H,28,31)(H,29,32)/b27-13-. The number of rotatable bonds is 5. The maximum Gasteiger partial charge on any atom is 0.418 e. The molecule has 0 aliphatic heterocycles. The van der Waals surface area contributed by atoms with Gasteiger partial charge in [0.2, 0.25) is 0 Å². The van der Waals surface area contributed by atoms with E-state index in [-0.39, 0.29) is 5.69 Å². The summed E-state index contributed by atoms with van der Waals surface area (Å²) in [5.41, 5.74) is 3.16. The van der Waals surface area contributed by atoms with Crippen LogP contribution in [0.25, 0.3) is 5.69 Å². The molecule has 2 N–H and O–H groups in total. The second-order valence-corrected chi connectivity index (χ2v) is 7.03. The fourth-order valence-corrected chi connectivity index (χ4v) is 3.34. The molecule has 0 radical (unpaired) electrons. The van der Waals surface area contributed by atoms with E-state index < -0.39 is 23.6 Å². The van der Waals surface area contributed by atoms with E-state index in [1.54, 1.807) is 44.2 Å². The van der Waals surface area contributed by atoms with Crippen LogP contribution in [0.3, 0.4) is 0 Å². The molecule has 0 saturated heterocycles. The number of hydrogen-bond donors (Lipinski definition) is 2. The van der Waals surface area contributed by atoms with Crippen LogP contribution in [0.2, 0.25) is 0 Å². The van der Waals surface area contributed by atoms with Gasteiger partial charge in [-0.3, -0.25) is 9.59 Å². The number of ether oxygens (including phenoxy) is 1. The highest BCUT2D eigenvalue weighted by atomic mass is 19.4. The number of nitrogens with zero attached hydrogens (tertiary/aromatic N) is 2. The van der Waals surface area contributed by atoms with Gasteiger partial charge < -0.3 is 14.6 Å². The van der Waals surface area contributed by atoms with Crippen LogP contribution >= 0.6 is 0 Å². The number of benzene rings is 2. The highest BCUT2D eigenvalue weighted by Gasteiger charge is 2.34. The lowest BCUT2D eigenvalue weighted by atomic mass is 10.1. The van der Waals surface area contributed by atoms with Gasteiger partial charge in [0.1, 0.15) is 5.75 Å². The minimum Gasteiger partial charge on any atom is -0.495 e. The van der Waals surface area contributed by atoms with E-state index in [2.05, 4.69) is 15.8 Å². The Bertz CT molecular complexity index is 1220. The monoisotopic (exact) mass is 458 g/mol. The topological polar surface area (TPSA) is 84.7 Å². The van der Waals surface area contributed by atoms with Crippen LogP contribution in [-0.2, 0) is 15.8 Å². The molecule has 0 unspecified atom stereocenters. The molecule has 0 bridgehead atoms. The van der Waals surface area contributed by atoms with E-state index in [0.717, 1.165) is 6.07 Å². The van der Waals surface area contributed by atoms with Crippen molar-refractivity contribution in [2.75, 3.05) is 12.4 Å². The predicted octanol–water partition coefficient (Wildman–Crippen LogP) is 4.21. The van der Waals surface area contributed by atoms with Crippen molar-refractivity contribution in [3.05, 3.63) is 77.1 Å². The number of halogens is 3. The molecule has 2 amide bonds. The van der Waals surface area contributed by atoms with Crippen LogP contribution in [0.5, 0.6) is 5.75 Å². The summed E-state index contributed by atoms with van der Waals surface area (Å²) in [6.07, 6.45) is -3.25. The number of carbonyl (C=O) groups excluding carboxylic acids is 2. The SMILES string of the molecule is COc1ccccc1NC(=O)C(=O)N/N=C\c1cc(C)n(-c2ccccc2C(F)(F)F)c1C. The van der Waals surface area contributed by atoms with Gasteiger partial charge in [0.25, 0.3) is 0 Å². The second-order valence-electron chi connectivity index (χ2n) is 7.03. The van der Waals surface area contributed by atoms with Gasteiger partial charge in [-0.1, -0.05) is 24.3 Å². The van der Waals surface area contributed by atoms with Crippen molar-refractivity contribution in [2.45, 2.75) is 20.0 Å². The number of para-hydroxylation sites is 3. The van der Waals surface area contributed by atoms with Gasteiger partial charge in [-0.2, -0.15) is 18.3 Å². The number of carbonyl (C=O) groups is 2. The Balaban J connectivity index is 1.76. The molecule has 33 heavy (non-hydrogen) atoms. The van der Waals surface area contributed by atoms with Gasteiger partial charge in [0.05, 0.1) is 30.3 Å². The van der Waals surface area contributed by atoms with Gasteiger partial charge in [0, 0.05) is 17.0 Å². The van der Waals surface area contributed by atoms with Crippen molar-refractivity contribution < 1.29 is 27.5 Å². The van der Waals surface area contributed by atoms with E-state index in [9.17, 15) is 22.8 Å². The van der Waals surface area contributed by atoms with E-state index >= 15 is 0 Å². The summed E-state index contributed by atoms with van der Waals surface area (Å²) < 4.78 is 46.9. The summed E-state index contributed by atoms with van der Waals surface area (Å²) in [5, 5.41) is 6.19. The summed E-state index contributed by atoms with van der Waals surface area (Å²) >= 11 is 0. The average Bonchev–Trinajstić information content (AvgIpc) is 3.06. The number of anilines is 1. The predicted molar refractivity (Wildman–Crippen MR) is 118 cm³/mol. The normalized spacial score (nSPS) is 11.5. The molecule has 1 aromatic heterocycles. The summed E-state index contributed by atoms with van der Waals surface area (Å²) in [6, 6.07) is 13.5. The number of amides is 2. The molecule has 3 rings (SSSR count). The lowest BCUT2D eigenvalue weighted by Crippen LogP contribution is -2.32. The molecule has 0 aliphatic carbocycles. The zero-order valence-corrected chi connectivity index (χ0v) is 18.0. The number of aromatic nitrogens is 1. The van der Waals surface area contributed by atoms with Gasteiger partial charge >= 0.3 is 18.0 Å². The van der Waals surface area contributed by atoms with Crippen molar-refractivity contribution in [3.63, 3.8) is 0 Å². The van der Waals surface area contributed by atoms with Crippen molar-refractivity contribution in [3.8, 4) is 11.4 Å². The largest absolute Gasteiger partial charge is 0.495 e. The Morgan fingerprint density at radius 2 is 1.70 bits per heavy atom. The van der Waals surface area contributed by atoms with Crippen molar-refractivity contribution >= 4 is 23.7 Å².